The molecule has 0 fully saturated rings. The van der Waals surface area contributed by atoms with Gasteiger partial charge in [0.05, 0.1) is 16.7 Å². The molecular weight excluding hydrogens is 374 g/mol. The van der Waals surface area contributed by atoms with E-state index >= 15 is 0 Å². The molecule has 5 aromatic rings. The molecule has 0 saturated carbocycles. The molecule has 5 rings (SSSR count). The third kappa shape index (κ3) is 3.00. The van der Waals surface area contributed by atoms with E-state index in [-0.39, 0.29) is 5.56 Å². The van der Waals surface area contributed by atoms with Crippen LogP contribution in [0.2, 0.25) is 0 Å². The first kappa shape index (κ1) is 17.1. The Hall–Kier alpha value is -4.07. The Morgan fingerprint density at radius 2 is 1.76 bits per heavy atom. The molecule has 29 heavy (non-hydrogen) atoms. The van der Waals surface area contributed by atoms with E-state index in [1.165, 1.54) is 18.5 Å². The van der Waals surface area contributed by atoms with Gasteiger partial charge in [0.2, 0.25) is 0 Å². The van der Waals surface area contributed by atoms with Gasteiger partial charge in [0.15, 0.2) is 0 Å². The fraction of sp³-hybridized carbons (Fsp3) is 0. The van der Waals surface area contributed by atoms with E-state index in [0.29, 0.717) is 11.3 Å². The average Bonchev–Trinajstić information content (AvgIpc) is 3.37. The lowest BCUT2D eigenvalue weighted by Gasteiger charge is -2.11. The summed E-state index contributed by atoms with van der Waals surface area (Å²) in [4.78, 5) is 8.41. The molecule has 2 aromatic heterocycles. The molecule has 0 aliphatic carbocycles. The molecule has 0 aliphatic rings. The molecule has 2 heterocycles. The van der Waals surface area contributed by atoms with Gasteiger partial charge in [0.1, 0.15) is 30.6 Å². The summed E-state index contributed by atoms with van der Waals surface area (Å²) in [6.07, 6.45) is 4.75. The van der Waals surface area contributed by atoms with E-state index in [2.05, 4.69) is 15.1 Å². The van der Waals surface area contributed by atoms with Gasteiger partial charge in [-0.3, -0.25) is 4.57 Å². The molecule has 3 aromatic carbocycles. The number of aromatic nitrogens is 5. The first-order valence-corrected chi connectivity index (χ1v) is 8.77. The van der Waals surface area contributed by atoms with E-state index in [0.717, 1.165) is 28.5 Å². The molecule has 8 heteroatoms. The Kier molecular flexibility index (Phi) is 3.83. The summed E-state index contributed by atoms with van der Waals surface area (Å²) in [6, 6.07) is 14.4. The zero-order valence-electron chi connectivity index (χ0n) is 15.0. The first-order valence-electron chi connectivity index (χ1n) is 8.77. The van der Waals surface area contributed by atoms with Crippen molar-refractivity contribution in [2.24, 2.45) is 0 Å². The summed E-state index contributed by atoms with van der Waals surface area (Å²) in [5.74, 6) is -1.27. The van der Waals surface area contributed by atoms with Gasteiger partial charge in [-0.25, -0.2) is 23.4 Å². The van der Waals surface area contributed by atoms with Crippen LogP contribution in [-0.4, -0.2) is 24.3 Å². The highest BCUT2D eigenvalue weighted by molar-refractivity contribution is 5.81. The molecule has 0 radical (unpaired) electrons. The van der Waals surface area contributed by atoms with Crippen molar-refractivity contribution in [3.05, 3.63) is 85.2 Å². The topological polar surface area (TPSA) is 74.6 Å². The quantitative estimate of drug-likeness (QED) is 0.472. The Bertz CT molecular complexity index is 1340. The second-order valence-corrected chi connectivity index (χ2v) is 6.57. The maximum absolute atomic E-state index is 14.3. The smallest absolute Gasteiger partial charge is 0.138 e. The minimum absolute atomic E-state index is 0.276. The predicted molar refractivity (Wildman–Crippen MR) is 106 cm³/mol. The van der Waals surface area contributed by atoms with E-state index in [4.69, 9.17) is 5.73 Å². The standard InChI is InChI=1S/C21H14F2N6/c22-14-1-3-18(19(23)7-14)13-5-15(24)8-17(6-13)28-12-26-20-9-16(2-4-21(20)28)29-11-25-10-27-29/h1-12H,24H2. The van der Waals surface area contributed by atoms with E-state index in [9.17, 15) is 8.78 Å². The molecule has 0 saturated heterocycles. The van der Waals surface area contributed by atoms with Crippen LogP contribution in [0.15, 0.2) is 73.6 Å². The molecule has 142 valence electrons. The molecule has 0 unspecified atom stereocenters. The van der Waals surface area contributed by atoms with Gasteiger partial charge >= 0.3 is 0 Å². The number of rotatable bonds is 3. The molecule has 2 N–H and O–H groups in total. The normalized spacial score (nSPS) is 11.2. The molecular formula is C21H14F2N6. The summed E-state index contributed by atoms with van der Waals surface area (Å²) in [5.41, 5.74) is 10.5. The van der Waals surface area contributed by atoms with Crippen LogP contribution in [-0.2, 0) is 0 Å². The number of imidazole rings is 1. The molecule has 0 bridgehead atoms. The summed E-state index contributed by atoms with van der Waals surface area (Å²) in [6.45, 7) is 0. The Morgan fingerprint density at radius 1 is 0.862 bits per heavy atom. The van der Waals surface area contributed by atoms with Crippen LogP contribution in [0, 0.1) is 11.6 Å². The van der Waals surface area contributed by atoms with Gasteiger partial charge in [-0.1, -0.05) is 0 Å². The number of hydrogen-bond acceptors (Lipinski definition) is 4. The van der Waals surface area contributed by atoms with Crippen LogP contribution in [0.25, 0.3) is 33.5 Å². The SMILES string of the molecule is Nc1cc(-c2ccc(F)cc2F)cc(-n2cnc3cc(-n4cncn4)ccc32)c1. The van der Waals surface area contributed by atoms with Crippen molar-refractivity contribution in [3.63, 3.8) is 0 Å². The number of anilines is 1. The van der Waals surface area contributed by atoms with Gasteiger partial charge in [-0.15, -0.1) is 0 Å². The summed E-state index contributed by atoms with van der Waals surface area (Å²) >= 11 is 0. The highest BCUT2D eigenvalue weighted by Crippen LogP contribution is 2.29. The van der Waals surface area contributed by atoms with Crippen molar-refractivity contribution < 1.29 is 8.78 Å². The number of nitrogens with two attached hydrogens (primary N) is 1. The highest BCUT2D eigenvalue weighted by atomic mass is 19.1. The maximum Gasteiger partial charge on any atom is 0.138 e. The minimum atomic E-state index is -0.644. The number of halogens is 2. The second kappa shape index (κ2) is 6.52. The third-order valence-corrected chi connectivity index (χ3v) is 4.67. The zero-order valence-corrected chi connectivity index (χ0v) is 15.0. The molecule has 6 nitrogen and oxygen atoms in total. The van der Waals surface area contributed by atoms with Crippen molar-refractivity contribution in [1.29, 1.82) is 0 Å². The Balaban J connectivity index is 1.62. The zero-order chi connectivity index (χ0) is 20.0. The van der Waals surface area contributed by atoms with E-state index < -0.39 is 11.6 Å². The molecule has 0 spiro atoms. The number of hydrogen-bond donors (Lipinski definition) is 1. The largest absolute Gasteiger partial charge is 0.399 e. The molecule has 0 aliphatic heterocycles. The number of benzene rings is 3. The molecule has 0 amide bonds. The fourth-order valence-corrected chi connectivity index (χ4v) is 3.34. The van der Waals surface area contributed by atoms with Crippen LogP contribution < -0.4 is 5.73 Å². The van der Waals surface area contributed by atoms with Gasteiger partial charge in [-0.2, -0.15) is 5.10 Å². The lowest BCUT2D eigenvalue weighted by atomic mass is 10.0. The van der Waals surface area contributed by atoms with Crippen LogP contribution in [0.3, 0.4) is 0 Å². The lowest BCUT2D eigenvalue weighted by molar-refractivity contribution is 0.585. The maximum atomic E-state index is 14.3. The number of nitrogen functional groups attached to an aromatic ring is 1. The first-order chi connectivity index (χ1) is 14.1. The van der Waals surface area contributed by atoms with Crippen molar-refractivity contribution in [1.82, 2.24) is 24.3 Å². The number of fused-ring (bicyclic) bond motifs is 1. The second-order valence-electron chi connectivity index (χ2n) is 6.57. The van der Waals surface area contributed by atoms with Gasteiger partial charge < -0.3 is 5.73 Å². The Labute approximate surface area is 163 Å². The van der Waals surface area contributed by atoms with Crippen LogP contribution in [0.1, 0.15) is 0 Å². The van der Waals surface area contributed by atoms with Crippen molar-refractivity contribution in [3.8, 4) is 22.5 Å². The monoisotopic (exact) mass is 388 g/mol. The van der Waals surface area contributed by atoms with Crippen molar-refractivity contribution in [2.75, 3.05) is 5.73 Å². The van der Waals surface area contributed by atoms with Gasteiger partial charge in [-0.05, 0) is 54.1 Å². The summed E-state index contributed by atoms with van der Waals surface area (Å²) in [5, 5.41) is 4.12. The Morgan fingerprint density at radius 3 is 2.55 bits per heavy atom. The van der Waals surface area contributed by atoms with Crippen molar-refractivity contribution in [2.45, 2.75) is 0 Å². The van der Waals surface area contributed by atoms with Crippen LogP contribution >= 0.6 is 0 Å². The highest BCUT2D eigenvalue weighted by Gasteiger charge is 2.12. The van der Waals surface area contributed by atoms with Crippen LogP contribution in [0.5, 0.6) is 0 Å². The fourth-order valence-electron chi connectivity index (χ4n) is 3.34. The summed E-state index contributed by atoms with van der Waals surface area (Å²) in [7, 11) is 0. The third-order valence-electron chi connectivity index (χ3n) is 4.67. The average molecular weight is 388 g/mol. The van der Waals surface area contributed by atoms with Gasteiger partial charge in [0.25, 0.3) is 0 Å². The van der Waals surface area contributed by atoms with Crippen molar-refractivity contribution >= 4 is 16.7 Å². The number of nitrogens with zero attached hydrogens (tertiary/aromatic N) is 5. The van der Waals surface area contributed by atoms with E-state index in [1.807, 2.05) is 22.8 Å². The van der Waals surface area contributed by atoms with E-state index in [1.54, 1.807) is 35.5 Å². The minimum Gasteiger partial charge on any atom is -0.399 e. The predicted octanol–water partition coefficient (Wildman–Crippen LogP) is 4.13. The molecule has 0 atom stereocenters. The van der Waals surface area contributed by atoms with Crippen LogP contribution in [0.4, 0.5) is 14.5 Å². The lowest BCUT2D eigenvalue weighted by Crippen LogP contribution is -1.97. The van der Waals surface area contributed by atoms with Gasteiger partial charge in [0, 0.05) is 23.0 Å². The summed E-state index contributed by atoms with van der Waals surface area (Å²) < 4.78 is 31.0.